The summed E-state index contributed by atoms with van der Waals surface area (Å²) >= 11 is 1.15. The first-order valence-electron chi connectivity index (χ1n) is 8.63. The van der Waals surface area contributed by atoms with Gasteiger partial charge >= 0.3 is 5.97 Å². The number of esters is 1. The Morgan fingerprint density at radius 2 is 1.93 bits per heavy atom. The van der Waals surface area contributed by atoms with Gasteiger partial charge in [-0.15, -0.1) is 11.3 Å². The highest BCUT2D eigenvalue weighted by Gasteiger charge is 2.22. The fourth-order valence-corrected chi connectivity index (χ4v) is 3.80. The van der Waals surface area contributed by atoms with E-state index in [1.165, 1.54) is 32.3 Å². The van der Waals surface area contributed by atoms with E-state index in [0.717, 1.165) is 21.7 Å². The van der Waals surface area contributed by atoms with Crippen LogP contribution in [0.25, 0.3) is 0 Å². The maximum atomic E-state index is 12.5. The number of aliphatic hydroxyl groups excluding tert-OH is 1. The summed E-state index contributed by atoms with van der Waals surface area (Å²) in [5.74, 6) is -2.41. The zero-order valence-corrected chi connectivity index (χ0v) is 17.9. The molecule has 12 heteroatoms. The van der Waals surface area contributed by atoms with Gasteiger partial charge in [0.15, 0.2) is 6.61 Å². The zero-order chi connectivity index (χ0) is 22.3. The van der Waals surface area contributed by atoms with Crippen molar-refractivity contribution in [3.05, 3.63) is 46.2 Å². The lowest BCUT2D eigenvalue weighted by atomic mass is 10.2. The van der Waals surface area contributed by atoms with E-state index in [9.17, 15) is 22.8 Å². The molecule has 0 spiro atoms. The number of thiophene rings is 1. The molecule has 0 saturated heterocycles. The number of anilines is 1. The van der Waals surface area contributed by atoms with Crippen molar-refractivity contribution in [3.63, 3.8) is 0 Å². The van der Waals surface area contributed by atoms with Gasteiger partial charge in [0.1, 0.15) is 0 Å². The Kier molecular flexibility index (Phi) is 8.06. The van der Waals surface area contributed by atoms with E-state index in [4.69, 9.17) is 9.84 Å². The van der Waals surface area contributed by atoms with E-state index in [2.05, 4.69) is 10.6 Å². The quantitative estimate of drug-likeness (QED) is 0.465. The fourth-order valence-electron chi connectivity index (χ4n) is 2.25. The van der Waals surface area contributed by atoms with Gasteiger partial charge < -0.3 is 15.2 Å². The highest BCUT2D eigenvalue weighted by molar-refractivity contribution is 7.89. The number of rotatable bonds is 9. The van der Waals surface area contributed by atoms with Crippen LogP contribution in [0.15, 0.2) is 40.6 Å². The van der Waals surface area contributed by atoms with Crippen LogP contribution in [-0.4, -0.2) is 69.5 Å². The van der Waals surface area contributed by atoms with Crippen molar-refractivity contribution in [1.29, 1.82) is 0 Å². The van der Waals surface area contributed by atoms with E-state index in [1.807, 2.05) is 0 Å². The number of aliphatic hydroxyl groups is 1. The average Bonchev–Trinajstić information content (AvgIpc) is 3.25. The normalized spacial score (nSPS) is 11.2. The number of hydrogen-bond acceptors (Lipinski definition) is 9. The molecule has 10 nitrogen and oxygen atoms in total. The van der Waals surface area contributed by atoms with Crippen molar-refractivity contribution < 1.29 is 32.6 Å². The minimum atomic E-state index is -3.82. The average molecular weight is 456 g/mol. The molecule has 0 saturated carbocycles. The number of carbonyl (C=O) groups is 3. The summed E-state index contributed by atoms with van der Waals surface area (Å²) in [4.78, 5) is 36.4. The number of carbonyl (C=O) groups excluding carboxylic acids is 3. The molecule has 2 amide bonds. The third kappa shape index (κ3) is 5.86. The number of benzene rings is 1. The van der Waals surface area contributed by atoms with Gasteiger partial charge in [0.25, 0.3) is 11.8 Å². The number of nitrogens with one attached hydrogen (secondary N) is 2. The van der Waals surface area contributed by atoms with E-state index in [-0.39, 0.29) is 29.3 Å². The molecular formula is C18H21N3O7S2. The molecule has 3 N–H and O–H groups in total. The first-order valence-corrected chi connectivity index (χ1v) is 10.9. The van der Waals surface area contributed by atoms with Crippen LogP contribution in [0.2, 0.25) is 0 Å². The smallest absolute Gasteiger partial charge is 0.340 e. The predicted molar refractivity (Wildman–Crippen MR) is 110 cm³/mol. The Balaban J connectivity index is 2.15. The van der Waals surface area contributed by atoms with Gasteiger partial charge in [0.05, 0.1) is 21.9 Å². The van der Waals surface area contributed by atoms with Crippen molar-refractivity contribution in [2.24, 2.45) is 0 Å². The number of nitrogens with zero attached hydrogens (tertiary/aromatic N) is 1. The third-order valence-corrected chi connectivity index (χ3v) is 6.43. The molecule has 0 unspecified atom stereocenters. The third-order valence-electron chi connectivity index (χ3n) is 3.75. The largest absolute Gasteiger partial charge is 0.452 e. The maximum Gasteiger partial charge on any atom is 0.340 e. The van der Waals surface area contributed by atoms with Crippen LogP contribution in [0.5, 0.6) is 0 Å². The van der Waals surface area contributed by atoms with Crippen LogP contribution in [0.3, 0.4) is 0 Å². The van der Waals surface area contributed by atoms with E-state index < -0.39 is 34.4 Å². The summed E-state index contributed by atoms with van der Waals surface area (Å²) in [7, 11) is -1.12. The molecule has 0 radical (unpaired) electrons. The SMILES string of the molecule is CN(C)S(=O)(=O)c1ccc(NCCO)c(C(=O)OCC(=O)NC(=O)c2cccs2)c1. The monoisotopic (exact) mass is 455 g/mol. The molecule has 2 rings (SSSR count). The molecule has 1 heterocycles. The molecular weight excluding hydrogens is 434 g/mol. The van der Waals surface area contributed by atoms with Crippen LogP contribution in [0.4, 0.5) is 5.69 Å². The molecule has 162 valence electrons. The Labute approximate surface area is 177 Å². The van der Waals surface area contributed by atoms with Crippen LogP contribution < -0.4 is 10.6 Å². The topological polar surface area (TPSA) is 142 Å². The number of hydrogen-bond donors (Lipinski definition) is 3. The molecule has 1 aromatic carbocycles. The van der Waals surface area contributed by atoms with Crippen LogP contribution in [0.1, 0.15) is 20.0 Å². The van der Waals surface area contributed by atoms with E-state index in [0.29, 0.717) is 4.88 Å². The molecule has 2 aromatic rings. The van der Waals surface area contributed by atoms with Crippen molar-refractivity contribution in [2.75, 3.05) is 39.2 Å². The van der Waals surface area contributed by atoms with Gasteiger partial charge in [0, 0.05) is 26.3 Å². The molecule has 0 aliphatic rings. The lowest BCUT2D eigenvalue weighted by molar-refractivity contribution is -0.123. The summed E-state index contributed by atoms with van der Waals surface area (Å²) in [6, 6.07) is 6.97. The Morgan fingerprint density at radius 3 is 2.53 bits per heavy atom. The fraction of sp³-hybridized carbons (Fsp3) is 0.278. The van der Waals surface area contributed by atoms with Crippen molar-refractivity contribution in [1.82, 2.24) is 9.62 Å². The summed E-state index contributed by atoms with van der Waals surface area (Å²) in [5.41, 5.74) is 0.0885. The first-order chi connectivity index (χ1) is 14.2. The Hall–Kier alpha value is -2.80. The number of imide groups is 1. The Bertz CT molecular complexity index is 1020. The molecule has 0 atom stereocenters. The van der Waals surface area contributed by atoms with Crippen LogP contribution >= 0.6 is 11.3 Å². The zero-order valence-electron chi connectivity index (χ0n) is 16.2. The van der Waals surface area contributed by atoms with E-state index in [1.54, 1.807) is 11.4 Å². The number of ether oxygens (including phenoxy) is 1. The van der Waals surface area contributed by atoms with Crippen LogP contribution in [0, 0.1) is 0 Å². The molecule has 0 aliphatic carbocycles. The van der Waals surface area contributed by atoms with Gasteiger partial charge in [-0.25, -0.2) is 17.5 Å². The summed E-state index contributed by atoms with van der Waals surface area (Å²) < 4.78 is 30.6. The lowest BCUT2D eigenvalue weighted by Crippen LogP contribution is -2.33. The first kappa shape index (κ1) is 23.5. The van der Waals surface area contributed by atoms with Gasteiger partial charge in [-0.2, -0.15) is 0 Å². The summed E-state index contributed by atoms with van der Waals surface area (Å²) in [6.45, 7) is -0.852. The lowest BCUT2D eigenvalue weighted by Gasteiger charge is -2.15. The highest BCUT2D eigenvalue weighted by atomic mass is 32.2. The maximum absolute atomic E-state index is 12.5. The van der Waals surface area contributed by atoms with Gasteiger partial charge in [-0.05, 0) is 29.6 Å². The standard InChI is InChI=1S/C18H21N3O7S2/c1-21(2)30(26,27)12-5-6-14(19-7-8-22)13(10-12)18(25)28-11-16(23)20-17(24)15-4-3-9-29-15/h3-6,9-10,19,22H,7-8,11H2,1-2H3,(H,20,23,24). The van der Waals surface area contributed by atoms with Gasteiger partial charge in [-0.1, -0.05) is 6.07 Å². The predicted octanol–water partition coefficient (Wildman–Crippen LogP) is 0.516. The van der Waals surface area contributed by atoms with Gasteiger partial charge in [-0.3, -0.25) is 14.9 Å². The second kappa shape index (κ2) is 10.3. The minimum Gasteiger partial charge on any atom is -0.452 e. The number of amides is 2. The molecule has 0 bridgehead atoms. The van der Waals surface area contributed by atoms with Crippen molar-refractivity contribution in [3.8, 4) is 0 Å². The van der Waals surface area contributed by atoms with Crippen molar-refractivity contribution in [2.45, 2.75) is 4.90 Å². The molecule has 0 fully saturated rings. The second-order valence-electron chi connectivity index (χ2n) is 6.08. The van der Waals surface area contributed by atoms with Crippen LogP contribution in [-0.2, 0) is 19.6 Å². The molecule has 1 aromatic heterocycles. The van der Waals surface area contributed by atoms with Gasteiger partial charge in [0.2, 0.25) is 10.0 Å². The minimum absolute atomic E-state index is 0.107. The Morgan fingerprint density at radius 1 is 1.20 bits per heavy atom. The molecule has 30 heavy (non-hydrogen) atoms. The molecule has 0 aliphatic heterocycles. The van der Waals surface area contributed by atoms with Crippen molar-refractivity contribution >= 4 is 44.8 Å². The number of sulfonamides is 1. The summed E-state index contributed by atoms with van der Waals surface area (Å²) in [5, 5.41) is 15.5. The summed E-state index contributed by atoms with van der Waals surface area (Å²) in [6.07, 6.45) is 0. The second-order valence-corrected chi connectivity index (χ2v) is 9.18. The van der Waals surface area contributed by atoms with E-state index >= 15 is 0 Å². The highest BCUT2D eigenvalue weighted by Crippen LogP contribution is 2.23.